The number of aromatic nitrogens is 3. The molecule has 2 aromatic heterocycles. The topological polar surface area (TPSA) is 91.8 Å². The third kappa shape index (κ3) is 5.14. The van der Waals surface area contributed by atoms with Crippen LogP contribution in [0, 0.1) is 0 Å². The molecule has 150 valence electrons. The van der Waals surface area contributed by atoms with Crippen LogP contribution in [0.5, 0.6) is 0 Å². The molecule has 1 aliphatic heterocycles. The fourth-order valence-electron chi connectivity index (χ4n) is 3.64. The van der Waals surface area contributed by atoms with Crippen LogP contribution in [0.3, 0.4) is 0 Å². The second kappa shape index (κ2) is 9.56. The zero-order valence-electron chi connectivity index (χ0n) is 15.9. The van der Waals surface area contributed by atoms with Gasteiger partial charge in [-0.15, -0.1) is 23.1 Å². The number of rotatable bonds is 6. The molecular weight excluding hydrogens is 392 g/mol. The summed E-state index contributed by atoms with van der Waals surface area (Å²) in [5.74, 6) is 2.01. The zero-order chi connectivity index (χ0) is 19.2. The minimum absolute atomic E-state index is 0.139. The predicted molar refractivity (Wildman–Crippen MR) is 114 cm³/mol. The summed E-state index contributed by atoms with van der Waals surface area (Å²) in [6.45, 7) is 0.778. The first-order chi connectivity index (χ1) is 13.8. The number of carbonyl (C=O) groups is 1. The second-order valence-electron chi connectivity index (χ2n) is 7.19. The average molecular weight is 419 g/mol. The standard InChI is InChI=1S/C19H26N6OS2/c26-18(24-13-5-3-1-2-4-6-13)25-19-21-11-14(28-19)7-9-20-17-16-15(8-10-27-16)22-12-23-17/h11-13H,1-10H2,(H,20,22,23)(H2,21,24,25,26). The van der Waals surface area contributed by atoms with Gasteiger partial charge in [0.05, 0.1) is 10.6 Å². The Bertz CT molecular complexity index is 803. The summed E-state index contributed by atoms with van der Waals surface area (Å²) in [6.07, 6.45) is 12.4. The van der Waals surface area contributed by atoms with E-state index in [1.165, 1.54) is 41.9 Å². The summed E-state index contributed by atoms with van der Waals surface area (Å²) in [5.41, 5.74) is 1.14. The summed E-state index contributed by atoms with van der Waals surface area (Å²) in [4.78, 5) is 27.6. The second-order valence-corrected chi connectivity index (χ2v) is 9.41. The number of thioether (sulfide) groups is 1. The number of aryl methyl sites for hydroxylation is 1. The molecule has 1 fully saturated rings. The van der Waals surface area contributed by atoms with Gasteiger partial charge in [-0.1, -0.05) is 25.7 Å². The molecule has 0 atom stereocenters. The molecule has 0 saturated heterocycles. The van der Waals surface area contributed by atoms with Crippen molar-refractivity contribution in [2.45, 2.75) is 62.3 Å². The van der Waals surface area contributed by atoms with E-state index < -0.39 is 0 Å². The number of hydrogen-bond acceptors (Lipinski definition) is 7. The lowest BCUT2D eigenvalue weighted by molar-refractivity contribution is 0.247. The number of hydrogen-bond donors (Lipinski definition) is 3. The molecule has 0 radical (unpaired) electrons. The van der Waals surface area contributed by atoms with E-state index in [4.69, 9.17) is 0 Å². The molecule has 0 bridgehead atoms. The van der Waals surface area contributed by atoms with Gasteiger partial charge in [-0.25, -0.2) is 19.7 Å². The van der Waals surface area contributed by atoms with E-state index in [1.54, 1.807) is 6.33 Å². The zero-order valence-corrected chi connectivity index (χ0v) is 17.5. The quantitative estimate of drug-likeness (QED) is 0.612. The van der Waals surface area contributed by atoms with Gasteiger partial charge in [-0.2, -0.15) is 0 Å². The normalized spacial score (nSPS) is 17.0. The molecule has 4 rings (SSSR count). The van der Waals surface area contributed by atoms with E-state index in [-0.39, 0.29) is 6.03 Å². The first kappa shape index (κ1) is 19.4. The Kier molecular flexibility index (Phi) is 6.64. The largest absolute Gasteiger partial charge is 0.369 e. The van der Waals surface area contributed by atoms with Crippen LogP contribution in [0.25, 0.3) is 0 Å². The van der Waals surface area contributed by atoms with E-state index in [1.807, 2.05) is 18.0 Å². The van der Waals surface area contributed by atoms with Gasteiger partial charge in [0, 0.05) is 42.3 Å². The van der Waals surface area contributed by atoms with Crippen LogP contribution < -0.4 is 16.0 Å². The van der Waals surface area contributed by atoms with E-state index in [0.29, 0.717) is 11.2 Å². The van der Waals surface area contributed by atoms with Crippen molar-refractivity contribution < 1.29 is 4.79 Å². The maximum absolute atomic E-state index is 12.2. The minimum atomic E-state index is -0.139. The van der Waals surface area contributed by atoms with E-state index in [0.717, 1.165) is 54.4 Å². The van der Waals surface area contributed by atoms with E-state index >= 15 is 0 Å². The monoisotopic (exact) mass is 418 g/mol. The summed E-state index contributed by atoms with van der Waals surface area (Å²) in [7, 11) is 0. The Labute approximate surface area is 173 Å². The number of nitrogens with one attached hydrogen (secondary N) is 3. The highest BCUT2D eigenvalue weighted by molar-refractivity contribution is 7.99. The van der Waals surface area contributed by atoms with Gasteiger partial charge in [0.2, 0.25) is 0 Å². The number of carbonyl (C=O) groups excluding carboxylic acids is 1. The Morgan fingerprint density at radius 2 is 2.00 bits per heavy atom. The maximum atomic E-state index is 12.2. The van der Waals surface area contributed by atoms with Crippen LogP contribution in [0.15, 0.2) is 17.4 Å². The van der Waals surface area contributed by atoms with Crippen molar-refractivity contribution >= 4 is 40.1 Å². The van der Waals surface area contributed by atoms with Crippen LogP contribution in [0.1, 0.15) is 49.1 Å². The molecule has 2 aromatic rings. The molecule has 1 saturated carbocycles. The third-order valence-corrected chi connectivity index (χ3v) is 7.19. The van der Waals surface area contributed by atoms with Crippen molar-refractivity contribution in [1.82, 2.24) is 20.3 Å². The number of thiazole rings is 1. The molecule has 2 aliphatic rings. The number of fused-ring (bicyclic) bond motifs is 1. The van der Waals surface area contributed by atoms with Crippen LogP contribution in [-0.2, 0) is 12.8 Å². The summed E-state index contributed by atoms with van der Waals surface area (Å²) >= 11 is 3.34. The Morgan fingerprint density at radius 1 is 1.14 bits per heavy atom. The Morgan fingerprint density at radius 3 is 2.86 bits per heavy atom. The first-order valence-electron chi connectivity index (χ1n) is 10.0. The van der Waals surface area contributed by atoms with Gasteiger partial charge in [-0.05, 0) is 12.8 Å². The molecule has 7 nitrogen and oxygen atoms in total. The summed E-state index contributed by atoms with van der Waals surface area (Å²) in [6, 6.07) is 0.151. The SMILES string of the molecule is O=C(Nc1ncc(CCNc2ncnc3c2SCC3)s1)NC1CCCCCC1. The molecule has 0 aromatic carbocycles. The minimum Gasteiger partial charge on any atom is -0.369 e. The third-order valence-electron chi connectivity index (χ3n) is 5.09. The molecule has 3 heterocycles. The Balaban J connectivity index is 1.23. The molecule has 3 N–H and O–H groups in total. The van der Waals surface area contributed by atoms with Crippen LogP contribution >= 0.6 is 23.1 Å². The molecular formula is C19H26N6OS2. The lowest BCUT2D eigenvalue weighted by atomic mass is 10.1. The lowest BCUT2D eigenvalue weighted by Gasteiger charge is -2.15. The molecule has 28 heavy (non-hydrogen) atoms. The lowest BCUT2D eigenvalue weighted by Crippen LogP contribution is -2.37. The highest BCUT2D eigenvalue weighted by atomic mass is 32.2. The first-order valence-corrected chi connectivity index (χ1v) is 11.8. The van der Waals surface area contributed by atoms with E-state index in [9.17, 15) is 4.79 Å². The predicted octanol–water partition coefficient (Wildman–Crippen LogP) is 4.08. The fourth-order valence-corrected chi connectivity index (χ4v) is 5.53. The van der Waals surface area contributed by atoms with Crippen molar-refractivity contribution in [3.05, 3.63) is 23.1 Å². The fraction of sp³-hybridized carbons (Fsp3) is 0.579. The van der Waals surface area contributed by atoms with Crippen LogP contribution in [-0.4, -0.2) is 39.3 Å². The average Bonchev–Trinajstić information content (AvgIpc) is 3.27. The van der Waals surface area contributed by atoms with Crippen molar-refractivity contribution in [2.24, 2.45) is 0 Å². The number of urea groups is 1. The summed E-state index contributed by atoms with van der Waals surface area (Å²) < 4.78 is 0. The van der Waals surface area contributed by atoms with Gasteiger partial charge in [0.1, 0.15) is 12.1 Å². The highest BCUT2D eigenvalue weighted by Crippen LogP contribution is 2.34. The number of anilines is 2. The maximum Gasteiger partial charge on any atom is 0.321 e. The Hall–Kier alpha value is -1.87. The van der Waals surface area contributed by atoms with Crippen LogP contribution in [0.2, 0.25) is 0 Å². The number of amides is 2. The molecule has 0 unspecified atom stereocenters. The van der Waals surface area contributed by atoms with Crippen molar-refractivity contribution in [3.63, 3.8) is 0 Å². The van der Waals surface area contributed by atoms with Crippen molar-refractivity contribution in [2.75, 3.05) is 22.9 Å². The molecule has 0 spiro atoms. The van der Waals surface area contributed by atoms with Crippen molar-refractivity contribution in [3.8, 4) is 0 Å². The van der Waals surface area contributed by atoms with Gasteiger partial charge in [0.15, 0.2) is 5.13 Å². The molecule has 1 aliphatic carbocycles. The summed E-state index contributed by atoms with van der Waals surface area (Å²) in [5, 5.41) is 10.0. The van der Waals surface area contributed by atoms with Gasteiger partial charge < -0.3 is 10.6 Å². The molecule has 2 amide bonds. The number of nitrogens with zero attached hydrogens (tertiary/aromatic N) is 3. The van der Waals surface area contributed by atoms with Gasteiger partial charge in [-0.3, -0.25) is 5.32 Å². The molecule has 9 heteroatoms. The van der Waals surface area contributed by atoms with Gasteiger partial charge >= 0.3 is 6.03 Å². The highest BCUT2D eigenvalue weighted by Gasteiger charge is 2.18. The van der Waals surface area contributed by atoms with E-state index in [2.05, 4.69) is 30.9 Å². The smallest absolute Gasteiger partial charge is 0.321 e. The van der Waals surface area contributed by atoms with Gasteiger partial charge in [0.25, 0.3) is 0 Å². The van der Waals surface area contributed by atoms with Crippen LogP contribution in [0.4, 0.5) is 15.7 Å². The van der Waals surface area contributed by atoms with Crippen molar-refractivity contribution in [1.29, 1.82) is 0 Å².